The molecule has 94 valence electrons. The fraction of sp³-hybridized carbons (Fsp3) is 0.143. The largest absolute Gasteiger partial charge is 0.489 e. The lowest BCUT2D eigenvalue weighted by atomic mass is 9.77. The lowest BCUT2D eigenvalue weighted by Crippen LogP contribution is -2.14. The van der Waals surface area contributed by atoms with Crippen LogP contribution in [0.1, 0.15) is 20.9 Å². The van der Waals surface area contributed by atoms with Gasteiger partial charge in [0.05, 0.1) is 0 Å². The summed E-state index contributed by atoms with van der Waals surface area (Å²) in [5.41, 5.74) is 2.68. The molecule has 0 fully saturated rings. The number of hydrogen-bond acceptors (Lipinski definition) is 3. The van der Waals surface area contributed by atoms with Crippen LogP contribution in [0.15, 0.2) is 37.5 Å². The van der Waals surface area contributed by atoms with E-state index < -0.39 is 7.12 Å². The summed E-state index contributed by atoms with van der Waals surface area (Å²) in [5, 5.41) is 18.8. The molecule has 0 unspecified atom stereocenters. The van der Waals surface area contributed by atoms with Crippen LogP contribution < -0.4 is 0 Å². The van der Waals surface area contributed by atoms with Crippen LogP contribution in [0, 0.1) is 13.8 Å². The van der Waals surface area contributed by atoms with Crippen molar-refractivity contribution in [3.8, 4) is 0 Å². The summed E-state index contributed by atoms with van der Waals surface area (Å²) in [6, 6.07) is 0. The third kappa shape index (κ3) is 3.10. The normalized spacial score (nSPS) is 11.9. The van der Waals surface area contributed by atoms with Crippen molar-refractivity contribution in [2.75, 3.05) is 0 Å². The molecule has 0 aliphatic heterocycles. The van der Waals surface area contributed by atoms with Gasteiger partial charge in [0.2, 0.25) is 0 Å². The van der Waals surface area contributed by atoms with Gasteiger partial charge in [-0.1, -0.05) is 37.5 Å². The Hall–Kier alpha value is -1.36. The molecule has 0 aromatic carbocycles. The van der Waals surface area contributed by atoms with E-state index in [1.807, 2.05) is 26.0 Å². The highest BCUT2D eigenvalue weighted by Crippen LogP contribution is 2.34. The number of thiophene rings is 1. The van der Waals surface area contributed by atoms with Crippen molar-refractivity contribution in [1.29, 1.82) is 0 Å². The molecule has 0 bridgehead atoms. The number of rotatable bonds is 5. The molecule has 0 atom stereocenters. The van der Waals surface area contributed by atoms with E-state index in [4.69, 9.17) is 0 Å². The maximum Gasteiger partial charge on any atom is 0.489 e. The van der Waals surface area contributed by atoms with Crippen LogP contribution in [-0.4, -0.2) is 17.2 Å². The van der Waals surface area contributed by atoms with Crippen molar-refractivity contribution in [1.82, 2.24) is 0 Å². The predicted octanol–water partition coefficient (Wildman–Crippen LogP) is 3.15. The molecule has 0 spiro atoms. The highest BCUT2D eigenvalue weighted by atomic mass is 32.1. The van der Waals surface area contributed by atoms with Gasteiger partial charge >= 0.3 is 7.12 Å². The summed E-state index contributed by atoms with van der Waals surface area (Å²) >= 11 is 1.53. The Morgan fingerprint density at radius 3 is 2.33 bits per heavy atom. The van der Waals surface area contributed by atoms with Gasteiger partial charge in [-0.25, -0.2) is 0 Å². The summed E-state index contributed by atoms with van der Waals surface area (Å²) in [6.07, 6.45) is 8.75. The maximum absolute atomic E-state index is 9.41. The molecular weight excluding hydrogens is 243 g/mol. The van der Waals surface area contributed by atoms with Crippen molar-refractivity contribution in [2.45, 2.75) is 13.8 Å². The highest BCUT2D eigenvalue weighted by Gasteiger charge is 2.21. The van der Waals surface area contributed by atoms with E-state index in [-0.39, 0.29) is 0 Å². The predicted molar refractivity (Wildman–Crippen MR) is 81.4 cm³/mol. The molecule has 2 nitrogen and oxygen atoms in total. The first-order valence-electron chi connectivity index (χ1n) is 5.61. The van der Waals surface area contributed by atoms with Crippen LogP contribution in [0.5, 0.6) is 0 Å². The minimum atomic E-state index is -1.49. The summed E-state index contributed by atoms with van der Waals surface area (Å²) in [6.45, 7) is 11.2. The Kier molecular flexibility index (Phi) is 5.35. The summed E-state index contributed by atoms with van der Waals surface area (Å²) in [5.74, 6) is 0. The standard InChI is InChI=1S/C14H17BO2S/c1-5-7-9-13-10(3)11(4)14(18-13)12(8-6-2)15(16)17/h5-9,16-17H,1-2H2,3-4H3/b9-7-,12-8+. The van der Waals surface area contributed by atoms with Crippen molar-refractivity contribution in [3.05, 3.63) is 58.3 Å². The van der Waals surface area contributed by atoms with Gasteiger partial charge in [-0.15, -0.1) is 11.3 Å². The Labute approximate surface area is 112 Å². The van der Waals surface area contributed by atoms with Gasteiger partial charge in [-0.05, 0) is 36.5 Å². The Balaban J connectivity index is 3.33. The molecule has 1 aromatic rings. The molecule has 4 heteroatoms. The quantitative estimate of drug-likeness (QED) is 0.630. The second kappa shape index (κ2) is 6.54. The van der Waals surface area contributed by atoms with E-state index >= 15 is 0 Å². The van der Waals surface area contributed by atoms with Gasteiger partial charge in [0, 0.05) is 9.75 Å². The molecule has 0 amide bonds. The molecule has 1 aromatic heterocycles. The SMILES string of the molecule is C=C/C=C\c1sc(/C(=C\C=C)B(O)O)c(C)c1C. The van der Waals surface area contributed by atoms with Gasteiger partial charge in [0.1, 0.15) is 0 Å². The zero-order chi connectivity index (χ0) is 13.7. The molecule has 0 saturated carbocycles. The average Bonchev–Trinajstić information content (AvgIpc) is 2.61. The Morgan fingerprint density at radius 2 is 1.83 bits per heavy atom. The second-order valence-corrected chi connectivity index (χ2v) is 4.92. The van der Waals surface area contributed by atoms with E-state index in [0.717, 1.165) is 20.9 Å². The zero-order valence-corrected chi connectivity index (χ0v) is 11.5. The van der Waals surface area contributed by atoms with Crippen molar-refractivity contribution >= 4 is 30.0 Å². The van der Waals surface area contributed by atoms with Crippen LogP contribution in [0.2, 0.25) is 0 Å². The average molecular weight is 260 g/mol. The lowest BCUT2D eigenvalue weighted by molar-refractivity contribution is 0.427. The smallest absolute Gasteiger partial charge is 0.423 e. The van der Waals surface area contributed by atoms with Crippen LogP contribution in [-0.2, 0) is 0 Å². The first-order valence-corrected chi connectivity index (χ1v) is 6.42. The molecule has 2 N–H and O–H groups in total. The van der Waals surface area contributed by atoms with Gasteiger partial charge < -0.3 is 10.0 Å². The van der Waals surface area contributed by atoms with Crippen molar-refractivity contribution < 1.29 is 10.0 Å². The van der Waals surface area contributed by atoms with Crippen LogP contribution in [0.25, 0.3) is 11.5 Å². The summed E-state index contributed by atoms with van der Waals surface area (Å²) in [7, 11) is -1.49. The zero-order valence-electron chi connectivity index (χ0n) is 10.7. The lowest BCUT2D eigenvalue weighted by Gasteiger charge is -2.04. The third-order valence-corrected chi connectivity index (χ3v) is 4.11. The van der Waals surface area contributed by atoms with Gasteiger partial charge in [0.25, 0.3) is 0 Å². The van der Waals surface area contributed by atoms with E-state index in [2.05, 4.69) is 13.2 Å². The maximum atomic E-state index is 9.41. The second-order valence-electron chi connectivity index (χ2n) is 3.87. The topological polar surface area (TPSA) is 40.5 Å². The first kappa shape index (κ1) is 14.7. The van der Waals surface area contributed by atoms with E-state index in [0.29, 0.717) is 5.47 Å². The summed E-state index contributed by atoms with van der Waals surface area (Å²) in [4.78, 5) is 1.98. The fourth-order valence-corrected chi connectivity index (χ4v) is 2.88. The van der Waals surface area contributed by atoms with Crippen molar-refractivity contribution in [2.24, 2.45) is 0 Å². The van der Waals surface area contributed by atoms with E-state index in [1.165, 1.54) is 11.3 Å². The van der Waals surface area contributed by atoms with Gasteiger partial charge in [-0.2, -0.15) is 0 Å². The Bertz CT molecular complexity index is 510. The van der Waals surface area contributed by atoms with Gasteiger partial charge in [0.15, 0.2) is 0 Å². The molecule has 0 saturated heterocycles. The molecule has 0 aliphatic rings. The van der Waals surface area contributed by atoms with E-state index in [9.17, 15) is 10.0 Å². The van der Waals surface area contributed by atoms with Crippen LogP contribution >= 0.6 is 11.3 Å². The number of hydrogen-bond donors (Lipinski definition) is 2. The first-order chi connectivity index (χ1) is 8.52. The molecular formula is C14H17BO2S. The number of allylic oxidation sites excluding steroid dienone is 4. The van der Waals surface area contributed by atoms with Crippen LogP contribution in [0.4, 0.5) is 0 Å². The third-order valence-electron chi connectivity index (χ3n) is 2.71. The Morgan fingerprint density at radius 1 is 1.17 bits per heavy atom. The molecule has 1 rings (SSSR count). The molecule has 0 radical (unpaired) electrons. The molecule has 1 heterocycles. The fourth-order valence-electron chi connectivity index (χ4n) is 1.61. The van der Waals surface area contributed by atoms with Crippen molar-refractivity contribution in [3.63, 3.8) is 0 Å². The van der Waals surface area contributed by atoms with Gasteiger partial charge in [-0.3, -0.25) is 0 Å². The molecule has 0 aliphatic carbocycles. The highest BCUT2D eigenvalue weighted by molar-refractivity contribution is 7.15. The van der Waals surface area contributed by atoms with Crippen LogP contribution in [0.3, 0.4) is 0 Å². The van der Waals surface area contributed by atoms with E-state index in [1.54, 1.807) is 18.2 Å². The minimum absolute atomic E-state index is 0.480. The minimum Gasteiger partial charge on any atom is -0.423 e. The monoisotopic (exact) mass is 260 g/mol. The molecule has 18 heavy (non-hydrogen) atoms. The summed E-state index contributed by atoms with van der Waals surface area (Å²) < 4.78 is 0.